The fourth-order valence-corrected chi connectivity index (χ4v) is 3.64. The van der Waals surface area contributed by atoms with Crippen molar-refractivity contribution in [3.63, 3.8) is 0 Å². The molecule has 0 saturated carbocycles. The molecule has 5 rings (SSSR count). The minimum atomic E-state index is 0.496. The van der Waals surface area contributed by atoms with Crippen LogP contribution in [0.3, 0.4) is 0 Å². The molecule has 3 aromatic heterocycles. The highest BCUT2D eigenvalue weighted by atomic mass is 35.5. The number of hydrogen-bond donors (Lipinski definition) is 1. The number of rotatable bonds is 6. The summed E-state index contributed by atoms with van der Waals surface area (Å²) in [4.78, 5) is 16.8. The maximum absolute atomic E-state index is 6.28. The first-order valence-electron chi connectivity index (χ1n) is 9.96. The summed E-state index contributed by atoms with van der Waals surface area (Å²) >= 11 is 6.28. The highest BCUT2D eigenvalue weighted by Crippen LogP contribution is 2.27. The molecule has 0 atom stereocenters. The molecular weight excluding hydrogens is 408 g/mol. The number of benzene rings is 2. The highest BCUT2D eigenvalue weighted by Gasteiger charge is 2.11. The summed E-state index contributed by atoms with van der Waals surface area (Å²) < 4.78 is 6.09. The summed E-state index contributed by atoms with van der Waals surface area (Å²) in [5, 5.41) is 0.669. The zero-order chi connectivity index (χ0) is 21.0. The molecule has 6 heteroatoms. The summed E-state index contributed by atoms with van der Waals surface area (Å²) in [5.74, 6) is 1.52. The Balaban J connectivity index is 1.40. The van der Waals surface area contributed by atoms with Crippen LogP contribution >= 0.6 is 11.6 Å². The standard InChI is InChI=1S/C25H19ClN4O/c26-19-9-10-24(31-16-17-5-2-1-3-6-17)18(13-19)14-20-7-4-8-22(28-20)25-29-21-11-12-27-15-23(21)30-25/h1-13,15H,14,16H2,(H,29,30). The van der Waals surface area contributed by atoms with E-state index in [1.807, 2.05) is 72.8 Å². The van der Waals surface area contributed by atoms with Crippen LogP contribution in [-0.4, -0.2) is 19.9 Å². The van der Waals surface area contributed by atoms with Crippen molar-refractivity contribution >= 4 is 22.6 Å². The second-order valence-corrected chi connectivity index (χ2v) is 7.63. The number of aromatic nitrogens is 4. The van der Waals surface area contributed by atoms with E-state index >= 15 is 0 Å². The molecule has 0 amide bonds. The van der Waals surface area contributed by atoms with Gasteiger partial charge in [-0.25, -0.2) is 9.97 Å². The summed E-state index contributed by atoms with van der Waals surface area (Å²) in [6.45, 7) is 0.496. The number of ether oxygens (including phenoxy) is 1. The van der Waals surface area contributed by atoms with Crippen LogP contribution < -0.4 is 4.74 Å². The molecule has 2 aromatic carbocycles. The average molecular weight is 427 g/mol. The third-order valence-corrected chi connectivity index (χ3v) is 5.20. The third kappa shape index (κ3) is 4.42. The van der Waals surface area contributed by atoms with Gasteiger partial charge in [-0.2, -0.15) is 0 Å². The zero-order valence-corrected chi connectivity index (χ0v) is 17.4. The first kappa shape index (κ1) is 19.3. The van der Waals surface area contributed by atoms with Gasteiger partial charge in [-0.1, -0.05) is 48.0 Å². The number of halogens is 1. The monoisotopic (exact) mass is 426 g/mol. The summed E-state index contributed by atoms with van der Waals surface area (Å²) in [6.07, 6.45) is 4.08. The number of pyridine rings is 2. The van der Waals surface area contributed by atoms with Crippen LogP contribution in [-0.2, 0) is 13.0 Å². The van der Waals surface area contributed by atoms with Gasteiger partial charge < -0.3 is 9.72 Å². The molecule has 0 unspecified atom stereocenters. The van der Waals surface area contributed by atoms with Crippen LogP contribution in [0.2, 0.25) is 5.02 Å². The van der Waals surface area contributed by atoms with Crippen molar-refractivity contribution in [2.75, 3.05) is 0 Å². The van der Waals surface area contributed by atoms with Gasteiger partial charge in [-0.3, -0.25) is 4.98 Å². The Morgan fingerprint density at radius 1 is 0.903 bits per heavy atom. The fraction of sp³-hybridized carbons (Fsp3) is 0.0800. The molecule has 0 bridgehead atoms. The minimum Gasteiger partial charge on any atom is -0.489 e. The van der Waals surface area contributed by atoms with Gasteiger partial charge in [-0.05, 0) is 42.0 Å². The molecule has 0 radical (unpaired) electrons. The van der Waals surface area contributed by atoms with E-state index in [2.05, 4.69) is 15.0 Å². The molecule has 0 aliphatic heterocycles. The lowest BCUT2D eigenvalue weighted by Gasteiger charge is -2.12. The molecule has 0 aliphatic rings. The Hall–Kier alpha value is -3.70. The van der Waals surface area contributed by atoms with E-state index in [9.17, 15) is 0 Å². The molecule has 5 nitrogen and oxygen atoms in total. The van der Waals surface area contributed by atoms with Crippen LogP contribution in [0.5, 0.6) is 5.75 Å². The van der Waals surface area contributed by atoms with Gasteiger partial charge in [0.1, 0.15) is 23.6 Å². The maximum atomic E-state index is 6.28. The lowest BCUT2D eigenvalue weighted by Crippen LogP contribution is -2.01. The molecule has 1 N–H and O–H groups in total. The number of fused-ring (bicyclic) bond motifs is 1. The second kappa shape index (κ2) is 8.58. The Bertz CT molecular complexity index is 1300. The number of H-pyrrole nitrogens is 1. The lowest BCUT2D eigenvalue weighted by atomic mass is 10.1. The maximum Gasteiger partial charge on any atom is 0.157 e. The molecule has 5 aromatic rings. The average Bonchev–Trinajstić information content (AvgIpc) is 3.24. The van der Waals surface area contributed by atoms with Crippen LogP contribution in [0.15, 0.2) is 85.2 Å². The third-order valence-electron chi connectivity index (χ3n) is 4.97. The van der Waals surface area contributed by atoms with Crippen LogP contribution in [0.25, 0.3) is 22.6 Å². The number of imidazole rings is 1. The quantitative estimate of drug-likeness (QED) is 0.370. The van der Waals surface area contributed by atoms with Crippen molar-refractivity contribution < 1.29 is 4.74 Å². The number of aromatic amines is 1. The Kier molecular flexibility index (Phi) is 5.33. The minimum absolute atomic E-state index is 0.496. The summed E-state index contributed by atoms with van der Waals surface area (Å²) in [7, 11) is 0. The van der Waals surface area contributed by atoms with Crippen LogP contribution in [0.4, 0.5) is 0 Å². The molecule has 0 fully saturated rings. The normalized spacial score (nSPS) is 11.0. The van der Waals surface area contributed by atoms with Crippen molar-refractivity contribution in [1.29, 1.82) is 0 Å². The van der Waals surface area contributed by atoms with Gasteiger partial charge >= 0.3 is 0 Å². The molecule has 0 saturated heterocycles. The van der Waals surface area contributed by atoms with E-state index in [0.29, 0.717) is 18.1 Å². The van der Waals surface area contributed by atoms with E-state index < -0.39 is 0 Å². The van der Waals surface area contributed by atoms with Gasteiger partial charge in [0.15, 0.2) is 5.82 Å². The Labute approximate surface area is 184 Å². The van der Waals surface area contributed by atoms with Crippen molar-refractivity contribution in [3.8, 4) is 17.3 Å². The van der Waals surface area contributed by atoms with E-state index in [-0.39, 0.29) is 0 Å². The van der Waals surface area contributed by atoms with Gasteiger partial charge in [0.05, 0.1) is 11.7 Å². The van der Waals surface area contributed by atoms with Crippen LogP contribution in [0.1, 0.15) is 16.8 Å². The first-order valence-corrected chi connectivity index (χ1v) is 10.3. The molecule has 31 heavy (non-hydrogen) atoms. The van der Waals surface area contributed by atoms with Crippen molar-refractivity contribution in [2.24, 2.45) is 0 Å². The smallest absolute Gasteiger partial charge is 0.157 e. The number of hydrogen-bond acceptors (Lipinski definition) is 4. The topological polar surface area (TPSA) is 63.7 Å². The molecular formula is C25H19ClN4O. The van der Waals surface area contributed by atoms with Gasteiger partial charge in [-0.15, -0.1) is 0 Å². The van der Waals surface area contributed by atoms with E-state index in [1.54, 1.807) is 12.4 Å². The molecule has 152 valence electrons. The van der Waals surface area contributed by atoms with Gasteiger partial charge in [0, 0.05) is 28.9 Å². The second-order valence-electron chi connectivity index (χ2n) is 7.20. The number of nitrogens with one attached hydrogen (secondary N) is 1. The predicted octanol–water partition coefficient (Wildman–Crippen LogP) is 5.84. The predicted molar refractivity (Wildman–Crippen MR) is 122 cm³/mol. The summed E-state index contributed by atoms with van der Waals surface area (Å²) in [6, 6.07) is 23.6. The van der Waals surface area contributed by atoms with Crippen molar-refractivity contribution in [1.82, 2.24) is 19.9 Å². The van der Waals surface area contributed by atoms with Crippen molar-refractivity contribution in [3.05, 3.63) is 107 Å². The largest absolute Gasteiger partial charge is 0.489 e. The first-order chi connectivity index (χ1) is 15.2. The Morgan fingerprint density at radius 3 is 2.68 bits per heavy atom. The van der Waals surface area contributed by atoms with Crippen molar-refractivity contribution in [2.45, 2.75) is 13.0 Å². The van der Waals surface area contributed by atoms with E-state index in [0.717, 1.165) is 45.1 Å². The summed E-state index contributed by atoms with van der Waals surface area (Å²) in [5.41, 5.74) is 5.54. The Morgan fingerprint density at radius 2 is 1.81 bits per heavy atom. The molecule has 0 spiro atoms. The van der Waals surface area contributed by atoms with E-state index in [4.69, 9.17) is 21.3 Å². The highest BCUT2D eigenvalue weighted by molar-refractivity contribution is 6.30. The van der Waals surface area contributed by atoms with Gasteiger partial charge in [0.25, 0.3) is 0 Å². The van der Waals surface area contributed by atoms with Gasteiger partial charge in [0.2, 0.25) is 0 Å². The zero-order valence-electron chi connectivity index (χ0n) is 16.6. The lowest BCUT2D eigenvalue weighted by molar-refractivity contribution is 0.303. The molecule has 0 aliphatic carbocycles. The van der Waals surface area contributed by atoms with E-state index in [1.165, 1.54) is 0 Å². The van der Waals surface area contributed by atoms with Crippen LogP contribution in [0, 0.1) is 0 Å². The SMILES string of the molecule is Clc1ccc(OCc2ccccc2)c(Cc2cccc(-c3nc4cnccc4[nH]3)n2)c1. The number of nitrogens with zero attached hydrogens (tertiary/aromatic N) is 3. The molecule has 3 heterocycles. The fourth-order valence-electron chi connectivity index (χ4n) is 3.45.